The van der Waals surface area contributed by atoms with Crippen LogP contribution in [-0.4, -0.2) is 44.2 Å². The van der Waals surface area contributed by atoms with Crippen molar-refractivity contribution >= 4 is 17.3 Å². The summed E-state index contributed by atoms with van der Waals surface area (Å²) < 4.78 is 13.7. The van der Waals surface area contributed by atoms with Crippen molar-refractivity contribution in [2.45, 2.75) is 47.3 Å². The third kappa shape index (κ3) is 6.44. The maximum atomic E-state index is 12.3. The van der Waals surface area contributed by atoms with E-state index in [1.54, 1.807) is 34.1 Å². The van der Waals surface area contributed by atoms with Gasteiger partial charge in [-0.05, 0) is 48.9 Å². The van der Waals surface area contributed by atoms with Gasteiger partial charge in [0, 0.05) is 24.6 Å². The minimum Gasteiger partial charge on any atom is -0.496 e. The van der Waals surface area contributed by atoms with E-state index >= 15 is 0 Å². The quantitative estimate of drug-likeness (QED) is 0.242. The van der Waals surface area contributed by atoms with Crippen molar-refractivity contribution in [2.24, 2.45) is 22.4 Å². The zero-order chi connectivity index (χ0) is 26.1. The number of hydrogen-bond donors (Lipinski definition) is 0. The highest BCUT2D eigenvalue weighted by atomic mass is 16.6. The molecule has 0 atom stereocenters. The van der Waals surface area contributed by atoms with Crippen LogP contribution >= 0.6 is 0 Å². The lowest BCUT2D eigenvalue weighted by atomic mass is 10.1. The van der Waals surface area contributed by atoms with E-state index in [2.05, 4.69) is 25.8 Å². The van der Waals surface area contributed by atoms with E-state index < -0.39 is 0 Å². The minimum absolute atomic E-state index is 0.196. The second-order valence-corrected chi connectivity index (χ2v) is 7.95. The van der Waals surface area contributed by atoms with Gasteiger partial charge in [-0.2, -0.15) is 14.5 Å². The lowest BCUT2D eigenvalue weighted by Crippen LogP contribution is -2.23. The van der Waals surface area contributed by atoms with Crippen molar-refractivity contribution in [1.82, 2.24) is 19.8 Å². The highest BCUT2D eigenvalue weighted by molar-refractivity contribution is 6.40. The van der Waals surface area contributed by atoms with Crippen molar-refractivity contribution in [3.63, 3.8) is 0 Å². The molecule has 11 heteroatoms. The lowest BCUT2D eigenvalue weighted by Gasteiger charge is -2.13. The van der Waals surface area contributed by atoms with Gasteiger partial charge < -0.3 is 14.3 Å². The molecule has 11 nitrogen and oxygen atoms in total. The third-order valence-electron chi connectivity index (χ3n) is 5.47. The number of methoxy groups -OCH3 is 1. The van der Waals surface area contributed by atoms with Gasteiger partial charge in [-0.25, -0.2) is 4.79 Å². The van der Waals surface area contributed by atoms with Crippen molar-refractivity contribution in [2.75, 3.05) is 7.11 Å². The molecule has 0 saturated heterocycles. The summed E-state index contributed by atoms with van der Waals surface area (Å²) in [5, 5.41) is 20.4. The molecule has 0 aliphatic heterocycles. The molecule has 3 rings (SSSR count). The molecule has 0 aliphatic rings. The molecule has 190 valence electrons. The standard InChI is InChI=1S/C25H31N7O4/c1-7-24(27-26-18(3)19(4)28-36-15-20-12-8-9-14-23(20)34-6)35-16-21-17(2)11-10-13-22(21)32-25(33)31(5)29-30-32/h8-14H,7,15-16H2,1-6H3. The van der Waals surface area contributed by atoms with Crippen LogP contribution in [0.4, 0.5) is 0 Å². The number of nitrogens with zero attached hydrogens (tertiary/aromatic N) is 7. The molecule has 1 aromatic heterocycles. The van der Waals surface area contributed by atoms with E-state index in [9.17, 15) is 4.79 Å². The summed E-state index contributed by atoms with van der Waals surface area (Å²) in [6.07, 6.45) is 0.531. The van der Waals surface area contributed by atoms with E-state index in [0.717, 1.165) is 22.4 Å². The fourth-order valence-corrected chi connectivity index (χ4v) is 3.18. The Morgan fingerprint density at radius 2 is 1.78 bits per heavy atom. The summed E-state index contributed by atoms with van der Waals surface area (Å²) in [5.41, 5.74) is 4.11. The van der Waals surface area contributed by atoms with Crippen LogP contribution in [0.5, 0.6) is 5.75 Å². The Morgan fingerprint density at radius 3 is 2.47 bits per heavy atom. The molecule has 2 aromatic carbocycles. The van der Waals surface area contributed by atoms with Crippen LogP contribution in [0.1, 0.15) is 43.9 Å². The smallest absolute Gasteiger partial charge is 0.368 e. The Labute approximate surface area is 209 Å². The van der Waals surface area contributed by atoms with E-state index in [0.29, 0.717) is 29.4 Å². The van der Waals surface area contributed by atoms with E-state index in [4.69, 9.17) is 14.3 Å². The van der Waals surface area contributed by atoms with Crippen molar-refractivity contribution in [3.05, 3.63) is 69.6 Å². The molecule has 0 saturated carbocycles. The molecule has 0 bridgehead atoms. The fraction of sp³-hybridized carbons (Fsp3) is 0.360. The minimum atomic E-state index is -0.339. The van der Waals surface area contributed by atoms with E-state index in [1.165, 1.54) is 9.36 Å². The lowest BCUT2D eigenvalue weighted by molar-refractivity contribution is 0.129. The second kappa shape index (κ2) is 12.4. The van der Waals surface area contributed by atoms with Gasteiger partial charge in [0.1, 0.15) is 19.0 Å². The first kappa shape index (κ1) is 26.3. The molecule has 0 spiro atoms. The van der Waals surface area contributed by atoms with Crippen LogP contribution in [0, 0.1) is 6.92 Å². The first-order valence-corrected chi connectivity index (χ1v) is 11.5. The summed E-state index contributed by atoms with van der Waals surface area (Å²) in [6.45, 7) is 7.92. The molecular formula is C25H31N7O4. The first-order chi connectivity index (χ1) is 17.3. The predicted molar refractivity (Wildman–Crippen MR) is 138 cm³/mol. The van der Waals surface area contributed by atoms with Gasteiger partial charge in [0.2, 0.25) is 5.90 Å². The largest absolute Gasteiger partial charge is 0.496 e. The maximum absolute atomic E-state index is 12.3. The van der Waals surface area contributed by atoms with Gasteiger partial charge in [-0.3, -0.25) is 0 Å². The number of aromatic nitrogens is 4. The molecule has 36 heavy (non-hydrogen) atoms. The van der Waals surface area contributed by atoms with Gasteiger partial charge in [-0.1, -0.05) is 42.4 Å². The molecule has 0 radical (unpaired) electrons. The Bertz CT molecular complexity index is 1340. The number of benzene rings is 2. The van der Waals surface area contributed by atoms with Crippen molar-refractivity contribution < 1.29 is 14.3 Å². The van der Waals surface area contributed by atoms with Crippen molar-refractivity contribution in [3.8, 4) is 11.4 Å². The number of tetrazole rings is 1. The molecule has 1 heterocycles. The SMILES string of the molecule is CCC(=NN=C(C)C(C)=NOCc1ccccc1OC)OCc1c(C)cccc1-n1nnn(C)c1=O. The number of aryl methyl sites for hydroxylation is 2. The van der Waals surface area contributed by atoms with Gasteiger partial charge >= 0.3 is 5.69 Å². The highest BCUT2D eigenvalue weighted by Gasteiger charge is 2.14. The Balaban J connectivity index is 1.68. The fourth-order valence-electron chi connectivity index (χ4n) is 3.18. The number of para-hydroxylation sites is 1. The zero-order valence-electron chi connectivity index (χ0n) is 21.4. The van der Waals surface area contributed by atoms with Crippen LogP contribution in [0.3, 0.4) is 0 Å². The first-order valence-electron chi connectivity index (χ1n) is 11.5. The van der Waals surface area contributed by atoms with Gasteiger partial charge in [0.05, 0.1) is 24.2 Å². The molecular weight excluding hydrogens is 462 g/mol. The molecule has 0 aliphatic carbocycles. The number of hydrogen-bond acceptors (Lipinski definition) is 9. The van der Waals surface area contributed by atoms with Crippen LogP contribution in [0.15, 0.2) is 62.6 Å². The average molecular weight is 494 g/mol. The van der Waals surface area contributed by atoms with Gasteiger partial charge in [-0.15, -0.1) is 5.10 Å². The monoisotopic (exact) mass is 493 g/mol. The van der Waals surface area contributed by atoms with Gasteiger partial charge in [0.15, 0.2) is 0 Å². The van der Waals surface area contributed by atoms with Crippen molar-refractivity contribution in [1.29, 1.82) is 0 Å². The summed E-state index contributed by atoms with van der Waals surface area (Å²) in [7, 11) is 3.17. The summed E-state index contributed by atoms with van der Waals surface area (Å²) in [5.74, 6) is 1.18. The number of oxime groups is 1. The van der Waals surface area contributed by atoms with Crippen LogP contribution in [0.25, 0.3) is 5.69 Å². The zero-order valence-corrected chi connectivity index (χ0v) is 21.4. The van der Waals surface area contributed by atoms with Crippen LogP contribution < -0.4 is 10.4 Å². The highest BCUT2D eigenvalue weighted by Crippen LogP contribution is 2.19. The Kier molecular flexibility index (Phi) is 9.09. The Morgan fingerprint density at radius 1 is 1.00 bits per heavy atom. The molecule has 0 unspecified atom stereocenters. The van der Waals surface area contributed by atoms with Gasteiger partial charge in [0.25, 0.3) is 0 Å². The average Bonchev–Trinajstić information content (AvgIpc) is 3.22. The Hall–Kier alpha value is -4.28. The second-order valence-electron chi connectivity index (χ2n) is 7.95. The van der Waals surface area contributed by atoms with Crippen LogP contribution in [-0.2, 0) is 29.8 Å². The number of rotatable bonds is 10. The normalized spacial score (nSPS) is 12.6. The summed E-state index contributed by atoms with van der Waals surface area (Å²) in [6, 6.07) is 13.2. The summed E-state index contributed by atoms with van der Waals surface area (Å²) in [4.78, 5) is 17.8. The van der Waals surface area contributed by atoms with E-state index in [-0.39, 0.29) is 18.9 Å². The molecule has 3 aromatic rings. The predicted octanol–water partition coefficient (Wildman–Crippen LogP) is 3.58. The summed E-state index contributed by atoms with van der Waals surface area (Å²) >= 11 is 0. The number of ether oxygens (including phenoxy) is 2. The molecule has 0 fully saturated rings. The molecule has 0 N–H and O–H groups in total. The maximum Gasteiger partial charge on any atom is 0.368 e. The third-order valence-corrected chi connectivity index (χ3v) is 5.47. The van der Waals surface area contributed by atoms with Crippen LogP contribution in [0.2, 0.25) is 0 Å². The molecule has 0 amide bonds. The topological polar surface area (TPSA) is 117 Å². The van der Waals surface area contributed by atoms with E-state index in [1.807, 2.05) is 50.2 Å².